The summed E-state index contributed by atoms with van der Waals surface area (Å²) in [7, 11) is 1.83. The molecule has 2 aromatic heterocycles. The lowest BCUT2D eigenvalue weighted by molar-refractivity contribution is -0.0389. The van der Waals surface area contributed by atoms with Crippen molar-refractivity contribution in [2.75, 3.05) is 25.0 Å². The number of hydrogen-bond acceptors (Lipinski definition) is 8. The van der Waals surface area contributed by atoms with Gasteiger partial charge >= 0.3 is 0 Å². The molecule has 140 valence electrons. The fourth-order valence-electron chi connectivity index (χ4n) is 3.07. The van der Waals surface area contributed by atoms with E-state index in [-0.39, 0.29) is 6.10 Å². The largest absolute Gasteiger partial charge is 0.367 e. The Hall–Kier alpha value is -2.91. The van der Waals surface area contributed by atoms with Crippen LogP contribution < -0.4 is 5.32 Å². The molecule has 9 heteroatoms. The first kappa shape index (κ1) is 17.5. The number of nitrogens with one attached hydrogen (secondary N) is 1. The van der Waals surface area contributed by atoms with Gasteiger partial charge in [-0.25, -0.2) is 14.6 Å². The maximum atomic E-state index is 5.82. The molecule has 1 N–H and O–H groups in total. The molecule has 0 spiro atoms. The molecule has 3 aromatic rings. The van der Waals surface area contributed by atoms with E-state index in [1.54, 1.807) is 4.68 Å². The fourth-order valence-corrected chi connectivity index (χ4v) is 3.07. The van der Waals surface area contributed by atoms with Crippen molar-refractivity contribution in [3.8, 4) is 0 Å². The highest BCUT2D eigenvalue weighted by molar-refractivity contribution is 5.27. The Morgan fingerprint density at radius 1 is 1.15 bits per heavy atom. The van der Waals surface area contributed by atoms with Crippen molar-refractivity contribution in [1.29, 1.82) is 0 Å². The van der Waals surface area contributed by atoms with Crippen LogP contribution in [0.15, 0.2) is 42.7 Å². The minimum atomic E-state index is -0.119. The van der Waals surface area contributed by atoms with Crippen LogP contribution in [0.4, 0.5) is 5.95 Å². The number of aromatic nitrogens is 6. The van der Waals surface area contributed by atoms with Gasteiger partial charge in [0.2, 0.25) is 5.95 Å². The predicted octanol–water partition coefficient (Wildman–Crippen LogP) is 1.19. The number of anilines is 1. The van der Waals surface area contributed by atoms with Crippen LogP contribution in [0.2, 0.25) is 0 Å². The first-order valence-corrected chi connectivity index (χ1v) is 8.93. The third kappa shape index (κ3) is 4.44. The maximum absolute atomic E-state index is 5.82. The third-order valence-corrected chi connectivity index (χ3v) is 4.50. The summed E-state index contributed by atoms with van der Waals surface area (Å²) in [6, 6.07) is 10.2. The van der Waals surface area contributed by atoms with E-state index in [2.05, 4.69) is 47.8 Å². The molecule has 0 aliphatic carbocycles. The summed E-state index contributed by atoms with van der Waals surface area (Å²) in [6.45, 7) is 3.72. The average molecular weight is 366 g/mol. The molecule has 0 bridgehead atoms. The summed E-state index contributed by atoms with van der Waals surface area (Å²) in [6.07, 6.45) is 3.62. The SMILES string of the molecule is Cn1nnnc1C1CN(Cc2cnc(NCc3ccccc3)nc2)CCO1. The average Bonchev–Trinajstić information content (AvgIpc) is 3.14. The number of rotatable bonds is 6. The van der Waals surface area contributed by atoms with E-state index in [1.165, 1.54) is 5.56 Å². The molecule has 1 unspecified atom stereocenters. The summed E-state index contributed by atoms with van der Waals surface area (Å²) < 4.78 is 7.48. The lowest BCUT2D eigenvalue weighted by Gasteiger charge is -2.31. The second kappa shape index (κ2) is 8.19. The number of morpholine rings is 1. The predicted molar refractivity (Wildman–Crippen MR) is 98.6 cm³/mol. The highest BCUT2D eigenvalue weighted by Crippen LogP contribution is 2.20. The van der Waals surface area contributed by atoms with Crippen molar-refractivity contribution in [2.45, 2.75) is 19.2 Å². The van der Waals surface area contributed by atoms with Crippen molar-refractivity contribution in [3.05, 3.63) is 59.7 Å². The van der Waals surface area contributed by atoms with Crippen LogP contribution in [0.1, 0.15) is 23.1 Å². The zero-order chi connectivity index (χ0) is 18.5. The van der Waals surface area contributed by atoms with Gasteiger partial charge in [0.05, 0.1) is 6.61 Å². The minimum absolute atomic E-state index is 0.119. The number of ether oxygens (including phenoxy) is 1. The Morgan fingerprint density at radius 3 is 2.70 bits per heavy atom. The van der Waals surface area contributed by atoms with Crippen molar-refractivity contribution >= 4 is 5.95 Å². The molecular formula is C18H22N8O. The van der Waals surface area contributed by atoms with Gasteiger partial charge in [-0.1, -0.05) is 30.3 Å². The van der Waals surface area contributed by atoms with Gasteiger partial charge in [-0.15, -0.1) is 5.10 Å². The Bertz CT molecular complexity index is 851. The molecule has 27 heavy (non-hydrogen) atoms. The molecule has 0 saturated carbocycles. The van der Waals surface area contributed by atoms with Gasteiger partial charge in [0.15, 0.2) is 5.82 Å². The van der Waals surface area contributed by atoms with E-state index < -0.39 is 0 Å². The minimum Gasteiger partial charge on any atom is -0.367 e. The highest BCUT2D eigenvalue weighted by Gasteiger charge is 2.26. The van der Waals surface area contributed by atoms with Gasteiger partial charge < -0.3 is 10.1 Å². The lowest BCUT2D eigenvalue weighted by Crippen LogP contribution is -2.38. The zero-order valence-corrected chi connectivity index (χ0v) is 15.2. The van der Waals surface area contributed by atoms with E-state index in [1.807, 2.05) is 37.6 Å². The highest BCUT2D eigenvalue weighted by atomic mass is 16.5. The van der Waals surface area contributed by atoms with Gasteiger partial charge in [-0.05, 0) is 16.0 Å². The monoisotopic (exact) mass is 366 g/mol. The quantitative estimate of drug-likeness (QED) is 0.695. The lowest BCUT2D eigenvalue weighted by atomic mass is 10.2. The Labute approximate surface area is 157 Å². The van der Waals surface area contributed by atoms with Crippen molar-refractivity contribution in [1.82, 2.24) is 35.1 Å². The topological polar surface area (TPSA) is 93.9 Å². The van der Waals surface area contributed by atoms with E-state index in [0.29, 0.717) is 19.1 Å². The van der Waals surface area contributed by atoms with E-state index in [4.69, 9.17) is 4.74 Å². The van der Waals surface area contributed by atoms with E-state index >= 15 is 0 Å². The van der Waals surface area contributed by atoms with E-state index in [9.17, 15) is 0 Å². The number of hydrogen-bond donors (Lipinski definition) is 1. The van der Waals surface area contributed by atoms with Crippen LogP contribution in [0.5, 0.6) is 0 Å². The Morgan fingerprint density at radius 2 is 1.96 bits per heavy atom. The second-order valence-electron chi connectivity index (χ2n) is 6.51. The molecule has 0 amide bonds. The van der Waals surface area contributed by atoms with Crippen LogP contribution in [-0.4, -0.2) is 54.8 Å². The summed E-state index contributed by atoms with van der Waals surface area (Å²) in [4.78, 5) is 11.2. The van der Waals surface area contributed by atoms with Crippen LogP contribution in [-0.2, 0) is 24.9 Å². The number of nitrogens with zero attached hydrogens (tertiary/aromatic N) is 7. The Kier molecular flexibility index (Phi) is 5.31. The standard InChI is InChI=1S/C18H22N8O/c1-25-17(22-23-24-25)16-13-26(7-8-27-16)12-15-10-20-18(21-11-15)19-9-14-5-3-2-4-6-14/h2-6,10-11,16H,7-9,12-13H2,1H3,(H,19,20,21). The molecule has 1 aliphatic rings. The van der Waals surface area contributed by atoms with Crippen molar-refractivity contribution in [3.63, 3.8) is 0 Å². The molecule has 0 radical (unpaired) electrons. The Balaban J connectivity index is 1.32. The number of benzene rings is 1. The van der Waals surface area contributed by atoms with Crippen molar-refractivity contribution in [2.24, 2.45) is 7.05 Å². The van der Waals surface area contributed by atoms with Gasteiger partial charge in [-0.3, -0.25) is 4.90 Å². The molecular weight excluding hydrogens is 344 g/mol. The zero-order valence-electron chi connectivity index (χ0n) is 15.2. The van der Waals surface area contributed by atoms with Crippen LogP contribution >= 0.6 is 0 Å². The molecule has 1 aromatic carbocycles. The molecule has 1 saturated heterocycles. The van der Waals surface area contributed by atoms with Gasteiger partial charge in [0.25, 0.3) is 0 Å². The smallest absolute Gasteiger partial charge is 0.222 e. The van der Waals surface area contributed by atoms with Crippen molar-refractivity contribution < 1.29 is 4.74 Å². The first-order chi connectivity index (χ1) is 13.3. The molecule has 1 aliphatic heterocycles. The molecule has 1 fully saturated rings. The van der Waals surface area contributed by atoms with Gasteiger partial charge in [-0.2, -0.15) is 0 Å². The molecule has 4 rings (SSSR count). The number of aryl methyl sites for hydroxylation is 1. The first-order valence-electron chi connectivity index (χ1n) is 8.93. The van der Waals surface area contributed by atoms with Crippen LogP contribution in [0, 0.1) is 0 Å². The van der Waals surface area contributed by atoms with E-state index in [0.717, 1.165) is 31.0 Å². The molecule has 9 nitrogen and oxygen atoms in total. The summed E-state index contributed by atoms with van der Waals surface area (Å²) in [5.41, 5.74) is 2.26. The maximum Gasteiger partial charge on any atom is 0.222 e. The summed E-state index contributed by atoms with van der Waals surface area (Å²) in [5, 5.41) is 14.9. The summed E-state index contributed by atoms with van der Waals surface area (Å²) in [5.74, 6) is 1.38. The third-order valence-electron chi connectivity index (χ3n) is 4.50. The fraction of sp³-hybridized carbons (Fsp3) is 0.389. The summed E-state index contributed by atoms with van der Waals surface area (Å²) >= 11 is 0. The van der Waals surface area contributed by atoms with Crippen LogP contribution in [0.25, 0.3) is 0 Å². The number of tetrazole rings is 1. The molecule has 3 heterocycles. The normalized spacial score (nSPS) is 17.7. The second-order valence-corrected chi connectivity index (χ2v) is 6.51. The van der Waals surface area contributed by atoms with Gasteiger partial charge in [0, 0.05) is 51.2 Å². The molecule has 1 atom stereocenters. The van der Waals surface area contributed by atoms with Gasteiger partial charge in [0.1, 0.15) is 6.10 Å². The van der Waals surface area contributed by atoms with Crippen LogP contribution in [0.3, 0.4) is 0 Å².